The topological polar surface area (TPSA) is 45.1 Å². The fourth-order valence-corrected chi connectivity index (χ4v) is 2.03. The largest absolute Gasteiger partial charge is 0.393 e. The normalized spacial score (nSPS) is 12.8. The van der Waals surface area contributed by atoms with Crippen molar-refractivity contribution < 1.29 is 5.11 Å². The van der Waals surface area contributed by atoms with Crippen LogP contribution in [0, 0.1) is 0 Å². The Balaban J connectivity index is 1.91. The molecule has 0 aliphatic carbocycles. The number of hydrogen-bond acceptors (Lipinski definition) is 3. The number of benzene rings is 1. The van der Waals surface area contributed by atoms with Crippen LogP contribution in [0.2, 0.25) is 0 Å². The van der Waals surface area contributed by atoms with Gasteiger partial charge >= 0.3 is 0 Å². The van der Waals surface area contributed by atoms with E-state index in [-0.39, 0.29) is 6.10 Å². The Morgan fingerprint density at radius 1 is 1.22 bits per heavy atom. The van der Waals surface area contributed by atoms with Gasteiger partial charge in [-0.1, -0.05) is 24.3 Å². The molecule has 0 amide bonds. The first kappa shape index (κ1) is 13.0. The molecule has 18 heavy (non-hydrogen) atoms. The highest BCUT2D eigenvalue weighted by molar-refractivity contribution is 5.81. The van der Waals surface area contributed by atoms with E-state index in [4.69, 9.17) is 5.11 Å². The summed E-state index contributed by atoms with van der Waals surface area (Å²) in [5.41, 5.74) is 2.37. The van der Waals surface area contributed by atoms with Crippen molar-refractivity contribution in [2.24, 2.45) is 0 Å². The number of para-hydroxylation sites is 1. The molecule has 1 aromatic carbocycles. The van der Waals surface area contributed by atoms with Gasteiger partial charge < -0.3 is 10.4 Å². The minimum atomic E-state index is -0.225. The molecule has 0 saturated carbocycles. The lowest BCUT2D eigenvalue weighted by Crippen LogP contribution is -2.21. The summed E-state index contributed by atoms with van der Waals surface area (Å²) in [6.07, 6.45) is 3.38. The van der Waals surface area contributed by atoms with Crippen molar-refractivity contribution in [1.82, 2.24) is 10.3 Å². The third kappa shape index (κ3) is 3.52. The number of nitrogens with one attached hydrogen (secondary N) is 1. The molecule has 0 bridgehead atoms. The van der Waals surface area contributed by atoms with Crippen molar-refractivity contribution in [3.05, 3.63) is 42.1 Å². The molecule has 3 nitrogen and oxygen atoms in total. The van der Waals surface area contributed by atoms with E-state index < -0.39 is 0 Å². The van der Waals surface area contributed by atoms with Gasteiger partial charge in [-0.15, -0.1) is 0 Å². The first-order valence-electron chi connectivity index (χ1n) is 6.49. The third-order valence-corrected chi connectivity index (χ3v) is 3.03. The molecule has 0 saturated heterocycles. The summed E-state index contributed by atoms with van der Waals surface area (Å²) in [6.45, 7) is 3.59. The molecule has 2 aromatic rings. The van der Waals surface area contributed by atoms with Crippen LogP contribution < -0.4 is 5.32 Å². The van der Waals surface area contributed by atoms with Crippen LogP contribution in [0.15, 0.2) is 36.5 Å². The predicted octanol–water partition coefficient (Wildman–Crippen LogP) is 2.14. The van der Waals surface area contributed by atoms with Crippen molar-refractivity contribution in [2.75, 3.05) is 13.1 Å². The van der Waals surface area contributed by atoms with Crippen LogP contribution in [0.5, 0.6) is 0 Å². The lowest BCUT2D eigenvalue weighted by atomic mass is 10.1. The molecule has 96 valence electrons. The summed E-state index contributed by atoms with van der Waals surface area (Å²) < 4.78 is 0. The van der Waals surface area contributed by atoms with E-state index in [1.165, 1.54) is 10.9 Å². The van der Waals surface area contributed by atoms with E-state index >= 15 is 0 Å². The zero-order valence-electron chi connectivity index (χ0n) is 10.8. The second kappa shape index (κ2) is 6.47. The van der Waals surface area contributed by atoms with Crippen LogP contribution in [-0.2, 0) is 6.42 Å². The zero-order valence-corrected chi connectivity index (χ0v) is 10.8. The quantitative estimate of drug-likeness (QED) is 0.765. The fraction of sp³-hybridized carbons (Fsp3) is 0.400. The van der Waals surface area contributed by atoms with Gasteiger partial charge in [-0.2, -0.15) is 0 Å². The Kier molecular flexibility index (Phi) is 4.67. The summed E-state index contributed by atoms with van der Waals surface area (Å²) >= 11 is 0. The maximum absolute atomic E-state index is 9.16. The minimum Gasteiger partial charge on any atom is -0.393 e. The number of pyridine rings is 1. The number of fused-ring (bicyclic) bond motifs is 1. The Bertz CT molecular complexity index is 491. The molecule has 3 heteroatoms. The van der Waals surface area contributed by atoms with Gasteiger partial charge in [0.25, 0.3) is 0 Å². The zero-order chi connectivity index (χ0) is 12.8. The van der Waals surface area contributed by atoms with Gasteiger partial charge in [0.05, 0.1) is 11.6 Å². The van der Waals surface area contributed by atoms with E-state index in [1.807, 2.05) is 19.2 Å². The summed E-state index contributed by atoms with van der Waals surface area (Å²) in [7, 11) is 0. The molecule has 0 radical (unpaired) electrons. The average molecular weight is 244 g/mol. The molecular formula is C15H20N2O. The van der Waals surface area contributed by atoms with E-state index in [0.717, 1.165) is 31.4 Å². The van der Waals surface area contributed by atoms with Gasteiger partial charge in [0.2, 0.25) is 0 Å². The first-order chi connectivity index (χ1) is 8.77. The van der Waals surface area contributed by atoms with Gasteiger partial charge in [0.15, 0.2) is 0 Å². The van der Waals surface area contributed by atoms with Crippen molar-refractivity contribution >= 4 is 10.9 Å². The van der Waals surface area contributed by atoms with Crippen LogP contribution in [0.25, 0.3) is 10.9 Å². The maximum atomic E-state index is 9.16. The smallest absolute Gasteiger partial charge is 0.0734 e. The molecule has 1 unspecified atom stereocenters. The first-order valence-corrected chi connectivity index (χ1v) is 6.49. The summed E-state index contributed by atoms with van der Waals surface area (Å²) in [5, 5.41) is 13.7. The van der Waals surface area contributed by atoms with Gasteiger partial charge in [-0.25, -0.2) is 0 Å². The number of aliphatic hydroxyl groups is 1. The van der Waals surface area contributed by atoms with Crippen LogP contribution in [0.1, 0.15) is 18.9 Å². The summed E-state index contributed by atoms with van der Waals surface area (Å²) in [4.78, 5) is 4.44. The summed E-state index contributed by atoms with van der Waals surface area (Å²) in [5.74, 6) is 0. The molecule has 1 atom stereocenters. The second-order valence-corrected chi connectivity index (χ2v) is 4.63. The SMILES string of the molecule is CC(O)CCNCCc1cccc2cccnc12. The Morgan fingerprint density at radius 2 is 2.06 bits per heavy atom. The van der Waals surface area contributed by atoms with Crippen molar-refractivity contribution in [3.8, 4) is 0 Å². The van der Waals surface area contributed by atoms with Crippen molar-refractivity contribution in [3.63, 3.8) is 0 Å². The molecular weight excluding hydrogens is 224 g/mol. The maximum Gasteiger partial charge on any atom is 0.0734 e. The van der Waals surface area contributed by atoms with E-state index in [0.29, 0.717) is 0 Å². The van der Waals surface area contributed by atoms with Crippen molar-refractivity contribution in [2.45, 2.75) is 25.9 Å². The fourth-order valence-electron chi connectivity index (χ4n) is 2.03. The highest BCUT2D eigenvalue weighted by Gasteiger charge is 2.01. The molecule has 0 aliphatic rings. The van der Waals surface area contributed by atoms with Crippen LogP contribution in [-0.4, -0.2) is 29.3 Å². The Labute approximate surface area is 108 Å². The van der Waals surface area contributed by atoms with Crippen LogP contribution >= 0.6 is 0 Å². The lowest BCUT2D eigenvalue weighted by molar-refractivity contribution is 0.184. The predicted molar refractivity (Wildman–Crippen MR) is 74.6 cm³/mol. The summed E-state index contributed by atoms with van der Waals surface area (Å²) in [6, 6.07) is 10.4. The lowest BCUT2D eigenvalue weighted by Gasteiger charge is -2.08. The second-order valence-electron chi connectivity index (χ2n) is 4.63. The highest BCUT2D eigenvalue weighted by atomic mass is 16.3. The van der Waals surface area contributed by atoms with Crippen LogP contribution in [0.4, 0.5) is 0 Å². The number of nitrogens with zero attached hydrogens (tertiary/aromatic N) is 1. The standard InChI is InChI=1S/C15H20N2O/c1-12(18)7-10-16-11-8-14-5-2-4-13-6-3-9-17-15(13)14/h2-6,9,12,16,18H,7-8,10-11H2,1H3. The third-order valence-electron chi connectivity index (χ3n) is 3.03. The average Bonchev–Trinajstić information content (AvgIpc) is 2.38. The van der Waals surface area contributed by atoms with Gasteiger partial charge in [-0.3, -0.25) is 4.98 Å². The number of aromatic nitrogens is 1. The number of hydrogen-bond donors (Lipinski definition) is 2. The van der Waals surface area contributed by atoms with E-state index in [1.54, 1.807) is 0 Å². The van der Waals surface area contributed by atoms with E-state index in [2.05, 4.69) is 34.6 Å². The minimum absolute atomic E-state index is 0.225. The van der Waals surface area contributed by atoms with Gasteiger partial charge in [0, 0.05) is 11.6 Å². The van der Waals surface area contributed by atoms with Gasteiger partial charge in [0.1, 0.15) is 0 Å². The molecule has 1 heterocycles. The monoisotopic (exact) mass is 244 g/mol. The molecule has 0 fully saturated rings. The molecule has 2 rings (SSSR count). The van der Waals surface area contributed by atoms with E-state index in [9.17, 15) is 0 Å². The molecule has 0 spiro atoms. The Morgan fingerprint density at radius 3 is 2.89 bits per heavy atom. The molecule has 1 aromatic heterocycles. The van der Waals surface area contributed by atoms with Gasteiger partial charge in [-0.05, 0) is 44.5 Å². The molecule has 2 N–H and O–H groups in total. The van der Waals surface area contributed by atoms with Crippen molar-refractivity contribution in [1.29, 1.82) is 0 Å². The highest BCUT2D eigenvalue weighted by Crippen LogP contribution is 2.15. The number of rotatable bonds is 6. The van der Waals surface area contributed by atoms with Crippen LogP contribution in [0.3, 0.4) is 0 Å². The Hall–Kier alpha value is -1.45. The number of aliphatic hydroxyl groups excluding tert-OH is 1. The molecule has 0 aliphatic heterocycles.